The molecule has 1 rings (SSSR count). The van der Waals surface area contributed by atoms with E-state index in [0.29, 0.717) is 6.61 Å². The molecule has 1 aromatic rings. The Kier molecular flexibility index (Phi) is 5.43. The fraction of sp³-hybridized carbons (Fsp3) is 0.545. The lowest BCUT2D eigenvalue weighted by Gasteiger charge is -2.10. The van der Waals surface area contributed by atoms with Crippen molar-refractivity contribution in [1.82, 2.24) is 4.98 Å². The highest BCUT2D eigenvalue weighted by Crippen LogP contribution is 2.08. The summed E-state index contributed by atoms with van der Waals surface area (Å²) in [6.45, 7) is 3.42. The third-order valence-electron chi connectivity index (χ3n) is 2.03. The molecule has 3 nitrogen and oxygen atoms in total. The third kappa shape index (κ3) is 5.00. The highest BCUT2D eigenvalue weighted by Gasteiger charge is 2.02. The minimum Gasteiger partial charge on any atom is -0.385 e. The second-order valence-corrected chi connectivity index (χ2v) is 4.07. The topological polar surface area (TPSA) is 34.1 Å². The number of anilines is 1. The molecule has 0 spiro atoms. The molecule has 0 aromatic carbocycles. The normalized spacial score (nSPS) is 12.5. The van der Waals surface area contributed by atoms with Crippen LogP contribution in [0.3, 0.4) is 0 Å². The van der Waals surface area contributed by atoms with Gasteiger partial charge in [0, 0.05) is 31.2 Å². The summed E-state index contributed by atoms with van der Waals surface area (Å²) in [6, 6.07) is 3.96. The fourth-order valence-corrected chi connectivity index (χ4v) is 1.53. The molecule has 1 atom stereocenters. The van der Waals surface area contributed by atoms with E-state index in [2.05, 4.69) is 10.3 Å². The molecule has 1 heterocycles. The Bertz CT molecular complexity index is 294. The van der Waals surface area contributed by atoms with E-state index >= 15 is 0 Å². The molecule has 1 unspecified atom stereocenters. The summed E-state index contributed by atoms with van der Waals surface area (Å²) in [5.74, 6) is 0. The number of hydrogen-bond donors (Lipinski definition) is 1. The Labute approximate surface area is 95.8 Å². The smallest absolute Gasteiger partial charge is 0.0627 e. The summed E-state index contributed by atoms with van der Waals surface area (Å²) in [7, 11) is 1.66. The number of nitrogens with zero attached hydrogens (tertiary/aromatic N) is 1. The Balaban J connectivity index is 2.25. The van der Waals surface area contributed by atoms with Crippen molar-refractivity contribution in [2.75, 3.05) is 25.6 Å². The summed E-state index contributed by atoms with van der Waals surface area (Å²) in [6.07, 6.45) is 2.68. The van der Waals surface area contributed by atoms with E-state index in [0.717, 1.165) is 24.3 Å². The molecule has 0 amide bonds. The number of methoxy groups -OCH3 is 1. The van der Waals surface area contributed by atoms with Gasteiger partial charge in [-0.15, -0.1) is 11.6 Å². The lowest BCUT2D eigenvalue weighted by molar-refractivity contribution is 0.196. The van der Waals surface area contributed by atoms with E-state index in [1.807, 2.05) is 19.1 Å². The molecule has 0 saturated heterocycles. The van der Waals surface area contributed by atoms with Crippen molar-refractivity contribution in [3.63, 3.8) is 0 Å². The maximum Gasteiger partial charge on any atom is 0.0627 e. The molecular weight excluding hydrogens is 212 g/mol. The van der Waals surface area contributed by atoms with Crippen molar-refractivity contribution in [2.45, 2.75) is 18.7 Å². The number of rotatable bonds is 6. The molecule has 0 fully saturated rings. The average molecular weight is 229 g/mol. The zero-order valence-electron chi connectivity index (χ0n) is 9.16. The number of pyridine rings is 1. The molecule has 1 N–H and O–H groups in total. The molecule has 1 aromatic heterocycles. The van der Waals surface area contributed by atoms with Gasteiger partial charge in [0.15, 0.2) is 0 Å². The zero-order chi connectivity index (χ0) is 11.1. The Morgan fingerprint density at radius 3 is 3.07 bits per heavy atom. The first-order valence-electron chi connectivity index (χ1n) is 5.02. The standard InChI is InChI=1S/C11H17ClN2O/c1-9-7-11(4-6-13-9)14-5-3-10(12)8-15-2/h4,6-7,10H,3,5,8H2,1-2H3,(H,13,14). The van der Waals surface area contributed by atoms with Crippen LogP contribution in [0.15, 0.2) is 18.3 Å². The minimum absolute atomic E-state index is 0.0745. The van der Waals surface area contributed by atoms with Crippen molar-refractivity contribution >= 4 is 17.3 Å². The van der Waals surface area contributed by atoms with Gasteiger partial charge in [-0.05, 0) is 25.5 Å². The van der Waals surface area contributed by atoms with Crippen LogP contribution < -0.4 is 5.32 Å². The molecule has 84 valence electrons. The predicted molar refractivity (Wildman–Crippen MR) is 63.6 cm³/mol. The number of halogens is 1. The van der Waals surface area contributed by atoms with Gasteiger partial charge in [-0.3, -0.25) is 4.98 Å². The molecule has 0 aliphatic heterocycles. The van der Waals surface area contributed by atoms with Gasteiger partial charge in [0.2, 0.25) is 0 Å². The quantitative estimate of drug-likeness (QED) is 0.760. The van der Waals surface area contributed by atoms with Gasteiger partial charge in [0.05, 0.1) is 12.0 Å². The van der Waals surface area contributed by atoms with E-state index in [1.54, 1.807) is 13.3 Å². The number of aromatic nitrogens is 1. The van der Waals surface area contributed by atoms with Gasteiger partial charge >= 0.3 is 0 Å². The van der Waals surface area contributed by atoms with E-state index in [4.69, 9.17) is 16.3 Å². The van der Waals surface area contributed by atoms with Crippen molar-refractivity contribution in [3.8, 4) is 0 Å². The van der Waals surface area contributed by atoms with Gasteiger partial charge in [0.25, 0.3) is 0 Å². The largest absolute Gasteiger partial charge is 0.385 e. The van der Waals surface area contributed by atoms with Gasteiger partial charge in [-0.1, -0.05) is 0 Å². The summed E-state index contributed by atoms with van der Waals surface area (Å²) in [5, 5.41) is 3.37. The fourth-order valence-electron chi connectivity index (χ4n) is 1.29. The van der Waals surface area contributed by atoms with Crippen LogP contribution in [0.4, 0.5) is 5.69 Å². The first-order chi connectivity index (χ1) is 7.22. The van der Waals surface area contributed by atoms with E-state index in [9.17, 15) is 0 Å². The van der Waals surface area contributed by atoms with Gasteiger partial charge < -0.3 is 10.1 Å². The molecule has 0 saturated carbocycles. The number of ether oxygens (including phenoxy) is 1. The second kappa shape index (κ2) is 6.64. The molecule has 0 radical (unpaired) electrons. The molecule has 0 bridgehead atoms. The Morgan fingerprint density at radius 2 is 2.40 bits per heavy atom. The molecule has 0 aliphatic rings. The van der Waals surface area contributed by atoms with Gasteiger partial charge in [-0.2, -0.15) is 0 Å². The molecular formula is C11H17ClN2O. The first-order valence-corrected chi connectivity index (χ1v) is 5.45. The second-order valence-electron chi connectivity index (χ2n) is 3.45. The summed E-state index contributed by atoms with van der Waals surface area (Å²) in [5.41, 5.74) is 2.10. The van der Waals surface area contributed by atoms with Crippen LogP contribution in [0, 0.1) is 6.92 Å². The van der Waals surface area contributed by atoms with Crippen LogP contribution in [0.5, 0.6) is 0 Å². The molecule has 4 heteroatoms. The van der Waals surface area contributed by atoms with Crippen LogP contribution in [0.25, 0.3) is 0 Å². The Hall–Kier alpha value is -0.800. The number of nitrogens with one attached hydrogen (secondary N) is 1. The van der Waals surface area contributed by atoms with Crippen molar-refractivity contribution in [1.29, 1.82) is 0 Å². The number of alkyl halides is 1. The van der Waals surface area contributed by atoms with Crippen molar-refractivity contribution < 1.29 is 4.74 Å². The van der Waals surface area contributed by atoms with Crippen LogP contribution in [-0.4, -0.2) is 30.6 Å². The first kappa shape index (κ1) is 12.3. The van der Waals surface area contributed by atoms with E-state index < -0.39 is 0 Å². The molecule has 15 heavy (non-hydrogen) atoms. The van der Waals surface area contributed by atoms with Gasteiger partial charge in [0.1, 0.15) is 0 Å². The van der Waals surface area contributed by atoms with Crippen molar-refractivity contribution in [2.24, 2.45) is 0 Å². The SMILES string of the molecule is COCC(Cl)CCNc1ccnc(C)c1. The predicted octanol–water partition coefficient (Wildman–Crippen LogP) is 2.45. The lowest BCUT2D eigenvalue weighted by atomic mass is 10.3. The lowest BCUT2D eigenvalue weighted by Crippen LogP contribution is -2.13. The third-order valence-corrected chi connectivity index (χ3v) is 2.38. The van der Waals surface area contributed by atoms with Crippen LogP contribution in [0.2, 0.25) is 0 Å². The molecule has 0 aliphatic carbocycles. The maximum absolute atomic E-state index is 6.00. The summed E-state index contributed by atoms with van der Waals surface area (Å²) in [4.78, 5) is 4.13. The highest BCUT2D eigenvalue weighted by molar-refractivity contribution is 6.20. The Morgan fingerprint density at radius 1 is 1.60 bits per heavy atom. The number of aryl methyl sites for hydroxylation is 1. The average Bonchev–Trinajstić information content (AvgIpc) is 2.18. The van der Waals surface area contributed by atoms with Crippen LogP contribution >= 0.6 is 11.6 Å². The van der Waals surface area contributed by atoms with Crippen molar-refractivity contribution in [3.05, 3.63) is 24.0 Å². The van der Waals surface area contributed by atoms with Crippen LogP contribution in [-0.2, 0) is 4.74 Å². The summed E-state index contributed by atoms with van der Waals surface area (Å²) >= 11 is 6.00. The zero-order valence-corrected chi connectivity index (χ0v) is 9.92. The minimum atomic E-state index is 0.0745. The van der Waals surface area contributed by atoms with Crippen LogP contribution in [0.1, 0.15) is 12.1 Å². The monoisotopic (exact) mass is 228 g/mol. The summed E-state index contributed by atoms with van der Waals surface area (Å²) < 4.78 is 4.96. The van der Waals surface area contributed by atoms with E-state index in [1.165, 1.54) is 0 Å². The number of hydrogen-bond acceptors (Lipinski definition) is 3. The maximum atomic E-state index is 6.00. The van der Waals surface area contributed by atoms with Gasteiger partial charge in [-0.25, -0.2) is 0 Å². The highest BCUT2D eigenvalue weighted by atomic mass is 35.5. The van der Waals surface area contributed by atoms with E-state index in [-0.39, 0.29) is 5.38 Å².